The Labute approximate surface area is 96.9 Å². The molecule has 2 aromatic heterocycles. The molecule has 2 rings (SSSR count). The summed E-state index contributed by atoms with van der Waals surface area (Å²) in [4.78, 5) is 20.4. The molecule has 0 aromatic carbocycles. The maximum absolute atomic E-state index is 11.3. The minimum Gasteiger partial charge on any atom is -0.360 e. The van der Waals surface area contributed by atoms with Crippen molar-refractivity contribution in [2.24, 2.45) is 0 Å². The predicted molar refractivity (Wildman–Crippen MR) is 64.6 cm³/mol. The number of nitrogens with zero attached hydrogens (tertiary/aromatic N) is 2. The molecule has 2 N–H and O–H groups in total. The lowest BCUT2D eigenvalue weighted by molar-refractivity contribution is -0.119. The van der Waals surface area contributed by atoms with Crippen molar-refractivity contribution < 1.29 is 4.79 Å². The second-order valence-corrected chi connectivity index (χ2v) is 4.06. The van der Waals surface area contributed by atoms with E-state index < -0.39 is 0 Å². The summed E-state index contributed by atoms with van der Waals surface area (Å²) in [6.45, 7) is 2.76. The van der Waals surface area contributed by atoms with Crippen LogP contribution in [-0.4, -0.2) is 29.0 Å². The number of hydrogen-bond acceptors (Lipinski definition) is 5. The van der Waals surface area contributed by atoms with Gasteiger partial charge in [0.1, 0.15) is 17.0 Å². The average Bonchev–Trinajstić information content (AvgIpc) is 2.75. The third-order valence-electron chi connectivity index (χ3n) is 2.05. The number of anilines is 1. The lowest BCUT2D eigenvalue weighted by Crippen LogP contribution is -2.29. The third-order valence-corrected chi connectivity index (χ3v) is 2.87. The number of carbonyl (C=O) groups is 1. The number of likely N-dealkylation sites (N-methyl/N-ethyl adjacent to an activating group) is 1. The minimum absolute atomic E-state index is 0.0375. The van der Waals surface area contributed by atoms with Crippen molar-refractivity contribution in [3.05, 3.63) is 17.8 Å². The number of nitrogens with one attached hydrogen (secondary N) is 2. The van der Waals surface area contributed by atoms with Crippen LogP contribution < -0.4 is 10.6 Å². The fourth-order valence-corrected chi connectivity index (χ4v) is 2.09. The molecule has 0 atom stereocenters. The molecule has 0 aliphatic carbocycles. The Hall–Kier alpha value is -1.69. The molecule has 0 aliphatic heterocycles. The van der Waals surface area contributed by atoms with E-state index in [1.807, 2.05) is 18.4 Å². The van der Waals surface area contributed by atoms with E-state index in [1.54, 1.807) is 11.3 Å². The van der Waals surface area contributed by atoms with Gasteiger partial charge in [-0.3, -0.25) is 4.79 Å². The molecule has 6 heteroatoms. The van der Waals surface area contributed by atoms with E-state index in [2.05, 4.69) is 20.6 Å². The van der Waals surface area contributed by atoms with Gasteiger partial charge in [0.25, 0.3) is 0 Å². The van der Waals surface area contributed by atoms with Crippen LogP contribution >= 0.6 is 11.3 Å². The maximum atomic E-state index is 11.3. The molecule has 0 saturated heterocycles. The summed E-state index contributed by atoms with van der Waals surface area (Å²) in [6, 6.07) is 1.94. The van der Waals surface area contributed by atoms with E-state index in [-0.39, 0.29) is 12.5 Å². The number of fused-ring (bicyclic) bond motifs is 1. The van der Waals surface area contributed by atoms with Crippen molar-refractivity contribution >= 4 is 33.3 Å². The van der Waals surface area contributed by atoms with Crippen LogP contribution in [0.15, 0.2) is 17.8 Å². The van der Waals surface area contributed by atoms with E-state index in [9.17, 15) is 4.79 Å². The highest BCUT2D eigenvalue weighted by Gasteiger charge is 2.05. The topological polar surface area (TPSA) is 66.9 Å². The molecule has 0 radical (unpaired) electrons. The highest BCUT2D eigenvalue weighted by Crippen LogP contribution is 2.23. The lowest BCUT2D eigenvalue weighted by atomic mass is 10.4. The van der Waals surface area contributed by atoms with Gasteiger partial charge in [0.2, 0.25) is 5.91 Å². The van der Waals surface area contributed by atoms with Gasteiger partial charge in [-0.25, -0.2) is 9.97 Å². The van der Waals surface area contributed by atoms with Gasteiger partial charge in [-0.15, -0.1) is 11.3 Å². The van der Waals surface area contributed by atoms with Gasteiger partial charge < -0.3 is 10.6 Å². The molecule has 5 nitrogen and oxygen atoms in total. The Morgan fingerprint density at radius 2 is 2.38 bits per heavy atom. The molecule has 2 heterocycles. The van der Waals surface area contributed by atoms with Crippen molar-refractivity contribution in [3.63, 3.8) is 0 Å². The van der Waals surface area contributed by atoms with Crippen LogP contribution in [0.2, 0.25) is 0 Å². The van der Waals surface area contributed by atoms with Crippen molar-refractivity contribution in [1.29, 1.82) is 0 Å². The first-order valence-electron chi connectivity index (χ1n) is 5.00. The predicted octanol–water partition coefficient (Wildman–Crippen LogP) is 1.24. The SMILES string of the molecule is CCNC(=O)CNc1ncnc2sccc12. The van der Waals surface area contributed by atoms with Crippen LogP contribution in [-0.2, 0) is 4.79 Å². The Morgan fingerprint density at radius 1 is 1.50 bits per heavy atom. The van der Waals surface area contributed by atoms with Crippen LogP contribution in [0.25, 0.3) is 10.2 Å². The largest absolute Gasteiger partial charge is 0.360 e. The van der Waals surface area contributed by atoms with Gasteiger partial charge in [0, 0.05) is 6.54 Å². The second-order valence-electron chi connectivity index (χ2n) is 3.17. The van der Waals surface area contributed by atoms with E-state index >= 15 is 0 Å². The molecule has 0 fully saturated rings. The van der Waals surface area contributed by atoms with Crippen LogP contribution in [0.5, 0.6) is 0 Å². The summed E-state index contributed by atoms with van der Waals surface area (Å²) in [5.41, 5.74) is 0. The van der Waals surface area contributed by atoms with Gasteiger partial charge in [-0.05, 0) is 18.4 Å². The molecule has 16 heavy (non-hydrogen) atoms. The first-order chi connectivity index (χ1) is 7.81. The highest BCUT2D eigenvalue weighted by atomic mass is 32.1. The van der Waals surface area contributed by atoms with Gasteiger partial charge in [0.05, 0.1) is 11.9 Å². The van der Waals surface area contributed by atoms with Crippen LogP contribution in [0.1, 0.15) is 6.92 Å². The molecular weight excluding hydrogens is 224 g/mol. The van der Waals surface area contributed by atoms with Crippen LogP contribution in [0.3, 0.4) is 0 Å². The summed E-state index contributed by atoms with van der Waals surface area (Å²) >= 11 is 1.55. The molecular formula is C10H12N4OS. The fraction of sp³-hybridized carbons (Fsp3) is 0.300. The van der Waals surface area contributed by atoms with E-state index in [0.717, 1.165) is 10.2 Å². The Bertz CT molecular complexity index is 496. The average molecular weight is 236 g/mol. The first kappa shape index (κ1) is 10.8. The number of aromatic nitrogens is 2. The minimum atomic E-state index is -0.0375. The summed E-state index contributed by atoms with van der Waals surface area (Å²) < 4.78 is 0. The Morgan fingerprint density at radius 3 is 3.19 bits per heavy atom. The number of amides is 1. The lowest BCUT2D eigenvalue weighted by Gasteiger charge is -2.05. The van der Waals surface area contributed by atoms with Crippen molar-refractivity contribution in [3.8, 4) is 0 Å². The number of carbonyl (C=O) groups excluding carboxylic acids is 1. The van der Waals surface area contributed by atoms with Crippen molar-refractivity contribution in [2.45, 2.75) is 6.92 Å². The van der Waals surface area contributed by atoms with Crippen molar-refractivity contribution in [1.82, 2.24) is 15.3 Å². The van der Waals surface area contributed by atoms with Gasteiger partial charge in [0.15, 0.2) is 0 Å². The number of thiophene rings is 1. The van der Waals surface area contributed by atoms with Crippen LogP contribution in [0.4, 0.5) is 5.82 Å². The van der Waals surface area contributed by atoms with E-state index in [0.29, 0.717) is 12.4 Å². The Balaban J connectivity index is 2.09. The third kappa shape index (κ3) is 2.27. The number of hydrogen-bond donors (Lipinski definition) is 2. The molecule has 0 unspecified atom stereocenters. The maximum Gasteiger partial charge on any atom is 0.239 e. The smallest absolute Gasteiger partial charge is 0.239 e. The zero-order valence-corrected chi connectivity index (χ0v) is 9.67. The second kappa shape index (κ2) is 4.89. The summed E-state index contributed by atoms with van der Waals surface area (Å²) in [5.74, 6) is 0.669. The van der Waals surface area contributed by atoms with Gasteiger partial charge in [-0.2, -0.15) is 0 Å². The standard InChI is InChI=1S/C10H12N4OS/c1-2-11-8(15)5-12-9-7-3-4-16-10(7)14-6-13-9/h3-4,6H,2,5H2,1H3,(H,11,15)(H,12,13,14). The summed E-state index contributed by atoms with van der Waals surface area (Å²) in [6.07, 6.45) is 1.50. The normalized spacial score (nSPS) is 10.3. The molecule has 0 saturated carbocycles. The summed E-state index contributed by atoms with van der Waals surface area (Å²) in [5, 5.41) is 8.63. The first-order valence-corrected chi connectivity index (χ1v) is 5.88. The van der Waals surface area contributed by atoms with Crippen molar-refractivity contribution in [2.75, 3.05) is 18.4 Å². The van der Waals surface area contributed by atoms with Gasteiger partial charge in [-0.1, -0.05) is 0 Å². The molecule has 84 valence electrons. The van der Waals surface area contributed by atoms with Crippen LogP contribution in [0, 0.1) is 0 Å². The Kier molecular flexibility index (Phi) is 3.31. The monoisotopic (exact) mass is 236 g/mol. The number of rotatable bonds is 4. The van der Waals surface area contributed by atoms with E-state index in [1.165, 1.54) is 6.33 Å². The molecule has 0 bridgehead atoms. The zero-order chi connectivity index (χ0) is 11.4. The van der Waals surface area contributed by atoms with E-state index in [4.69, 9.17) is 0 Å². The summed E-state index contributed by atoms with van der Waals surface area (Å²) in [7, 11) is 0. The quantitative estimate of drug-likeness (QED) is 0.838. The molecule has 0 aliphatic rings. The molecule has 2 aromatic rings. The highest BCUT2D eigenvalue weighted by molar-refractivity contribution is 7.16. The fourth-order valence-electron chi connectivity index (χ4n) is 1.35. The zero-order valence-electron chi connectivity index (χ0n) is 8.86. The van der Waals surface area contributed by atoms with Gasteiger partial charge >= 0.3 is 0 Å². The molecule has 1 amide bonds. The molecule has 0 spiro atoms.